The summed E-state index contributed by atoms with van der Waals surface area (Å²) in [6.07, 6.45) is 4.82. The Kier molecular flexibility index (Phi) is 6.03. The second kappa shape index (κ2) is 8.74. The van der Waals surface area contributed by atoms with Crippen LogP contribution in [0.3, 0.4) is 0 Å². The summed E-state index contributed by atoms with van der Waals surface area (Å²) in [7, 11) is 4.31. The fourth-order valence-corrected chi connectivity index (χ4v) is 4.65. The molecule has 5 heteroatoms. The second-order valence-electron chi connectivity index (χ2n) is 8.40. The Labute approximate surface area is 189 Å². The molecule has 0 spiro atoms. The van der Waals surface area contributed by atoms with Crippen LogP contribution in [-0.4, -0.2) is 27.6 Å². The molecule has 5 rings (SSSR count). The van der Waals surface area contributed by atoms with Crippen LogP contribution in [0.15, 0.2) is 71.7 Å². The van der Waals surface area contributed by atoms with Gasteiger partial charge in [-0.15, -0.1) is 12.4 Å². The van der Waals surface area contributed by atoms with E-state index in [-0.39, 0.29) is 18.0 Å². The van der Waals surface area contributed by atoms with E-state index >= 15 is 0 Å². The van der Waals surface area contributed by atoms with Gasteiger partial charge in [0.25, 0.3) is 5.56 Å². The molecule has 0 unspecified atom stereocenters. The highest BCUT2D eigenvalue weighted by atomic mass is 35.5. The molecule has 160 valence electrons. The van der Waals surface area contributed by atoms with Gasteiger partial charge in [-0.25, -0.2) is 0 Å². The van der Waals surface area contributed by atoms with Crippen LogP contribution in [0.25, 0.3) is 16.6 Å². The van der Waals surface area contributed by atoms with Crippen molar-refractivity contribution < 1.29 is 0 Å². The van der Waals surface area contributed by atoms with Gasteiger partial charge in [0.05, 0.1) is 11.2 Å². The van der Waals surface area contributed by atoms with Crippen molar-refractivity contribution in [2.75, 3.05) is 13.6 Å². The summed E-state index contributed by atoms with van der Waals surface area (Å²) in [6.45, 7) is 2.07. The van der Waals surface area contributed by atoms with Crippen LogP contribution in [0.5, 0.6) is 0 Å². The van der Waals surface area contributed by atoms with Gasteiger partial charge < -0.3 is 9.47 Å². The minimum absolute atomic E-state index is 0. The van der Waals surface area contributed by atoms with Crippen molar-refractivity contribution >= 4 is 23.3 Å². The molecule has 0 atom stereocenters. The summed E-state index contributed by atoms with van der Waals surface area (Å²) >= 11 is 0. The number of hydrogen-bond donors (Lipinski definition) is 0. The molecular formula is C26H28ClN3O. The lowest BCUT2D eigenvalue weighted by Gasteiger charge is -2.23. The van der Waals surface area contributed by atoms with E-state index in [2.05, 4.69) is 72.1 Å². The largest absolute Gasteiger partial charge is 0.346 e. The molecule has 0 amide bonds. The van der Waals surface area contributed by atoms with E-state index in [1.165, 1.54) is 27.7 Å². The molecule has 0 bridgehead atoms. The minimum atomic E-state index is 0. The maximum absolute atomic E-state index is 12.9. The van der Waals surface area contributed by atoms with E-state index in [0.29, 0.717) is 0 Å². The van der Waals surface area contributed by atoms with Crippen LogP contribution in [0, 0.1) is 0 Å². The zero-order chi connectivity index (χ0) is 20.7. The van der Waals surface area contributed by atoms with Crippen LogP contribution in [0.2, 0.25) is 0 Å². The van der Waals surface area contributed by atoms with Crippen molar-refractivity contribution in [3.8, 4) is 5.69 Å². The van der Waals surface area contributed by atoms with Gasteiger partial charge in [-0.2, -0.15) is 0 Å². The number of nitrogens with zero attached hydrogens (tertiary/aromatic N) is 3. The Bertz CT molecular complexity index is 1270. The Morgan fingerprint density at radius 1 is 0.903 bits per heavy atom. The lowest BCUT2D eigenvalue weighted by atomic mass is 10.0. The molecular weight excluding hydrogens is 406 g/mol. The third kappa shape index (κ3) is 4.06. The molecule has 2 aromatic heterocycles. The van der Waals surface area contributed by atoms with E-state index in [1.807, 2.05) is 12.3 Å². The first-order chi connectivity index (χ1) is 14.6. The molecule has 0 N–H and O–H groups in total. The molecule has 4 nitrogen and oxygen atoms in total. The average molecular weight is 434 g/mol. The predicted octanol–water partition coefficient (Wildman–Crippen LogP) is 4.52. The Balaban J connectivity index is 0.00000231. The van der Waals surface area contributed by atoms with Gasteiger partial charge in [-0.05, 0) is 61.2 Å². The number of pyridine rings is 1. The lowest BCUT2D eigenvalue weighted by Crippen LogP contribution is -2.27. The third-order valence-corrected chi connectivity index (χ3v) is 6.39. The summed E-state index contributed by atoms with van der Waals surface area (Å²) in [5.74, 6) is 0. The van der Waals surface area contributed by atoms with Crippen LogP contribution in [0.4, 0.5) is 0 Å². The molecule has 4 aromatic rings. The van der Waals surface area contributed by atoms with Crippen LogP contribution < -0.4 is 5.56 Å². The smallest absolute Gasteiger partial charge is 0.255 e. The fraction of sp³-hybridized carbons (Fsp3) is 0.269. The monoisotopic (exact) mass is 433 g/mol. The van der Waals surface area contributed by atoms with Gasteiger partial charge in [0, 0.05) is 43.5 Å². The van der Waals surface area contributed by atoms with Gasteiger partial charge >= 0.3 is 0 Å². The number of aryl methyl sites for hydroxylation is 3. The number of likely N-dealkylation sites (N-methyl/N-ethyl adjacent to an activating group) is 1. The normalized spacial score (nSPS) is 13.7. The second-order valence-corrected chi connectivity index (χ2v) is 8.40. The molecule has 3 heterocycles. The van der Waals surface area contributed by atoms with Crippen molar-refractivity contribution in [1.82, 2.24) is 14.0 Å². The molecule has 0 radical (unpaired) electrons. The third-order valence-electron chi connectivity index (χ3n) is 6.39. The van der Waals surface area contributed by atoms with E-state index in [0.717, 1.165) is 43.6 Å². The topological polar surface area (TPSA) is 30.2 Å². The first-order valence-corrected chi connectivity index (χ1v) is 10.6. The van der Waals surface area contributed by atoms with Crippen LogP contribution in [-0.2, 0) is 32.9 Å². The van der Waals surface area contributed by atoms with E-state index in [1.54, 1.807) is 10.6 Å². The van der Waals surface area contributed by atoms with Crippen LogP contribution in [0.1, 0.15) is 22.4 Å². The Morgan fingerprint density at radius 2 is 1.68 bits per heavy atom. The Morgan fingerprint density at radius 3 is 2.45 bits per heavy atom. The molecule has 31 heavy (non-hydrogen) atoms. The minimum Gasteiger partial charge on any atom is -0.346 e. The molecule has 0 fully saturated rings. The summed E-state index contributed by atoms with van der Waals surface area (Å²) in [5.41, 5.74) is 7.38. The maximum Gasteiger partial charge on any atom is 0.255 e. The molecule has 0 aliphatic carbocycles. The number of halogens is 1. The van der Waals surface area contributed by atoms with Gasteiger partial charge in [0.2, 0.25) is 0 Å². The number of rotatable bonds is 4. The first-order valence-electron chi connectivity index (χ1n) is 10.6. The maximum atomic E-state index is 12.9. The zero-order valence-electron chi connectivity index (χ0n) is 18.0. The summed E-state index contributed by atoms with van der Waals surface area (Å²) in [4.78, 5) is 15.2. The number of benzene rings is 2. The lowest BCUT2D eigenvalue weighted by molar-refractivity contribution is 0.305. The van der Waals surface area contributed by atoms with Crippen molar-refractivity contribution in [1.29, 1.82) is 0 Å². The van der Waals surface area contributed by atoms with Crippen molar-refractivity contribution in [2.45, 2.75) is 25.8 Å². The molecule has 1 aliphatic rings. The molecule has 1 aliphatic heterocycles. The highest BCUT2D eigenvalue weighted by molar-refractivity contribution is 5.87. The Hall–Kier alpha value is -2.82. The van der Waals surface area contributed by atoms with Crippen molar-refractivity contribution in [3.05, 3.63) is 99.6 Å². The summed E-state index contributed by atoms with van der Waals surface area (Å²) in [5, 5.41) is 1.32. The number of fused-ring (bicyclic) bond motifs is 3. The fourth-order valence-electron chi connectivity index (χ4n) is 4.65. The summed E-state index contributed by atoms with van der Waals surface area (Å²) in [6, 6.07) is 20.7. The van der Waals surface area contributed by atoms with E-state index in [9.17, 15) is 4.79 Å². The van der Waals surface area contributed by atoms with E-state index in [4.69, 9.17) is 0 Å². The van der Waals surface area contributed by atoms with Gasteiger partial charge in [0.1, 0.15) is 0 Å². The number of hydrogen-bond acceptors (Lipinski definition) is 2. The first kappa shape index (κ1) is 21.4. The zero-order valence-corrected chi connectivity index (χ0v) is 18.9. The van der Waals surface area contributed by atoms with Gasteiger partial charge in [-0.3, -0.25) is 9.36 Å². The molecule has 0 saturated carbocycles. The van der Waals surface area contributed by atoms with Gasteiger partial charge in [-0.1, -0.05) is 36.4 Å². The summed E-state index contributed by atoms with van der Waals surface area (Å²) < 4.78 is 4.05. The molecule has 0 saturated heterocycles. The van der Waals surface area contributed by atoms with Crippen molar-refractivity contribution in [2.24, 2.45) is 7.05 Å². The quantitative estimate of drug-likeness (QED) is 0.473. The highest BCUT2D eigenvalue weighted by Gasteiger charge is 2.21. The average Bonchev–Trinajstić information content (AvgIpc) is 3.04. The SMILES string of the molecule is CN1CCc2c(n(C)c3cc(-n4ccc(CCc5ccccc5)cc4=O)ccc23)C1.Cl. The van der Waals surface area contributed by atoms with Crippen LogP contribution >= 0.6 is 12.4 Å². The standard InChI is InChI=1S/C26H27N3O.ClH/c1-27-14-13-23-22-11-10-21(17-24(22)28(2)25(23)18-27)29-15-12-20(16-26(29)30)9-8-19-6-4-3-5-7-19;/h3-7,10-12,15-17H,8-9,13-14,18H2,1-2H3;1H. The van der Waals surface area contributed by atoms with E-state index < -0.39 is 0 Å². The molecule has 2 aromatic carbocycles. The highest BCUT2D eigenvalue weighted by Crippen LogP contribution is 2.30. The number of aromatic nitrogens is 2. The van der Waals surface area contributed by atoms with Crippen molar-refractivity contribution in [3.63, 3.8) is 0 Å². The predicted molar refractivity (Wildman–Crippen MR) is 130 cm³/mol. The van der Waals surface area contributed by atoms with Gasteiger partial charge in [0.15, 0.2) is 0 Å².